The number of nitrogens with zero attached hydrogens (tertiary/aromatic N) is 1. The van der Waals surface area contributed by atoms with Crippen LogP contribution in [0.3, 0.4) is 0 Å². The van der Waals surface area contributed by atoms with E-state index in [-0.39, 0.29) is 23.7 Å². The SMILES string of the molecule is CN(Cc1ccoc1)C(=O)Cc1occc1C(=O)O. The summed E-state index contributed by atoms with van der Waals surface area (Å²) in [5.74, 6) is -1.16. The Balaban J connectivity index is 2.00. The van der Waals surface area contributed by atoms with E-state index >= 15 is 0 Å². The van der Waals surface area contributed by atoms with Gasteiger partial charge in [0.05, 0.1) is 25.2 Å². The van der Waals surface area contributed by atoms with Gasteiger partial charge in [-0.2, -0.15) is 0 Å². The molecule has 0 aliphatic heterocycles. The number of hydrogen-bond acceptors (Lipinski definition) is 4. The molecule has 2 aromatic rings. The molecule has 0 saturated heterocycles. The molecule has 0 aromatic carbocycles. The Morgan fingerprint density at radius 1 is 1.32 bits per heavy atom. The number of carbonyl (C=O) groups is 2. The molecule has 0 radical (unpaired) electrons. The molecule has 2 aromatic heterocycles. The maximum absolute atomic E-state index is 12.0. The van der Waals surface area contributed by atoms with Gasteiger partial charge in [0, 0.05) is 19.2 Å². The third-order valence-electron chi connectivity index (χ3n) is 2.71. The monoisotopic (exact) mass is 263 g/mol. The van der Waals surface area contributed by atoms with Gasteiger partial charge in [0.2, 0.25) is 5.91 Å². The summed E-state index contributed by atoms with van der Waals surface area (Å²) >= 11 is 0. The largest absolute Gasteiger partial charge is 0.478 e. The Morgan fingerprint density at radius 3 is 2.74 bits per heavy atom. The van der Waals surface area contributed by atoms with E-state index in [1.807, 2.05) is 0 Å². The molecule has 0 spiro atoms. The molecule has 19 heavy (non-hydrogen) atoms. The fourth-order valence-electron chi connectivity index (χ4n) is 1.69. The summed E-state index contributed by atoms with van der Waals surface area (Å²) < 4.78 is 9.95. The van der Waals surface area contributed by atoms with Crippen molar-refractivity contribution >= 4 is 11.9 Å². The van der Waals surface area contributed by atoms with Gasteiger partial charge in [0.15, 0.2) is 0 Å². The van der Waals surface area contributed by atoms with E-state index in [1.54, 1.807) is 19.4 Å². The molecule has 1 N–H and O–H groups in total. The van der Waals surface area contributed by atoms with Gasteiger partial charge in [-0.25, -0.2) is 4.79 Å². The van der Waals surface area contributed by atoms with Crippen LogP contribution in [0.4, 0.5) is 0 Å². The van der Waals surface area contributed by atoms with Crippen LogP contribution in [-0.2, 0) is 17.8 Å². The maximum atomic E-state index is 12.0. The first-order valence-corrected chi connectivity index (χ1v) is 5.62. The lowest BCUT2D eigenvalue weighted by Gasteiger charge is -2.15. The zero-order valence-corrected chi connectivity index (χ0v) is 10.3. The van der Waals surface area contributed by atoms with Crippen LogP contribution in [0.15, 0.2) is 39.8 Å². The minimum Gasteiger partial charge on any atom is -0.478 e. The minimum atomic E-state index is -1.10. The Kier molecular flexibility index (Phi) is 3.70. The molecule has 0 bridgehead atoms. The van der Waals surface area contributed by atoms with Crippen molar-refractivity contribution in [3.63, 3.8) is 0 Å². The molecule has 0 fully saturated rings. The lowest BCUT2D eigenvalue weighted by molar-refractivity contribution is -0.129. The van der Waals surface area contributed by atoms with Gasteiger partial charge in [-0.05, 0) is 12.1 Å². The number of amides is 1. The van der Waals surface area contributed by atoms with Gasteiger partial charge in [-0.1, -0.05) is 0 Å². The van der Waals surface area contributed by atoms with E-state index in [9.17, 15) is 9.59 Å². The van der Waals surface area contributed by atoms with Crippen LogP contribution >= 0.6 is 0 Å². The third kappa shape index (κ3) is 3.04. The molecule has 6 nitrogen and oxygen atoms in total. The lowest BCUT2D eigenvalue weighted by Crippen LogP contribution is -2.27. The molecule has 0 saturated carbocycles. The normalized spacial score (nSPS) is 10.4. The summed E-state index contributed by atoms with van der Waals surface area (Å²) in [6.45, 7) is 0.401. The maximum Gasteiger partial charge on any atom is 0.339 e. The van der Waals surface area contributed by atoms with Gasteiger partial charge < -0.3 is 18.8 Å². The average Bonchev–Trinajstić information content (AvgIpc) is 2.99. The number of carboxylic acids is 1. The predicted octanol–water partition coefficient (Wildman–Crippen LogP) is 1.77. The highest BCUT2D eigenvalue weighted by molar-refractivity contribution is 5.90. The molecule has 2 heterocycles. The first-order chi connectivity index (χ1) is 9.08. The molecular formula is C13H13NO5. The average molecular weight is 263 g/mol. The van der Waals surface area contributed by atoms with Crippen molar-refractivity contribution in [1.82, 2.24) is 4.90 Å². The van der Waals surface area contributed by atoms with Crippen molar-refractivity contribution in [3.05, 3.63) is 47.8 Å². The highest BCUT2D eigenvalue weighted by Gasteiger charge is 2.18. The van der Waals surface area contributed by atoms with Gasteiger partial charge in [-0.15, -0.1) is 0 Å². The summed E-state index contributed by atoms with van der Waals surface area (Å²) in [6.07, 6.45) is 4.27. The van der Waals surface area contributed by atoms with E-state index in [0.29, 0.717) is 6.54 Å². The quantitative estimate of drug-likeness (QED) is 0.888. The Hall–Kier alpha value is -2.50. The van der Waals surface area contributed by atoms with Crippen molar-refractivity contribution in [2.24, 2.45) is 0 Å². The third-order valence-corrected chi connectivity index (χ3v) is 2.71. The molecule has 0 atom stereocenters. The summed E-state index contributed by atoms with van der Waals surface area (Å²) in [4.78, 5) is 24.3. The number of furan rings is 2. The first kappa shape index (κ1) is 12.9. The second-order valence-corrected chi connectivity index (χ2v) is 4.12. The smallest absolute Gasteiger partial charge is 0.339 e. The molecule has 100 valence electrons. The van der Waals surface area contributed by atoms with Crippen LogP contribution in [0.2, 0.25) is 0 Å². The summed E-state index contributed by atoms with van der Waals surface area (Å²) in [5.41, 5.74) is 0.888. The molecular weight excluding hydrogens is 250 g/mol. The fourth-order valence-corrected chi connectivity index (χ4v) is 1.69. The van der Waals surface area contributed by atoms with E-state index < -0.39 is 5.97 Å². The van der Waals surface area contributed by atoms with Crippen molar-refractivity contribution in [2.75, 3.05) is 7.05 Å². The highest BCUT2D eigenvalue weighted by Crippen LogP contribution is 2.13. The number of rotatable bonds is 5. The Morgan fingerprint density at radius 2 is 2.11 bits per heavy atom. The zero-order chi connectivity index (χ0) is 13.8. The first-order valence-electron chi connectivity index (χ1n) is 5.62. The number of aromatic carboxylic acids is 1. The number of likely N-dealkylation sites (N-methyl/N-ethyl adjacent to an activating group) is 1. The van der Waals surface area contributed by atoms with Crippen LogP contribution in [0.25, 0.3) is 0 Å². The second-order valence-electron chi connectivity index (χ2n) is 4.12. The van der Waals surface area contributed by atoms with Crippen molar-refractivity contribution in [1.29, 1.82) is 0 Å². The molecule has 1 amide bonds. The van der Waals surface area contributed by atoms with Crippen molar-refractivity contribution in [3.8, 4) is 0 Å². The highest BCUT2D eigenvalue weighted by atomic mass is 16.4. The molecule has 0 aliphatic carbocycles. The molecule has 2 rings (SSSR count). The minimum absolute atomic E-state index is 0.0186. The number of carbonyl (C=O) groups excluding carboxylic acids is 1. The molecule has 0 aliphatic rings. The molecule has 0 unspecified atom stereocenters. The Labute approximate surface area is 109 Å². The van der Waals surface area contributed by atoms with Gasteiger partial charge >= 0.3 is 5.97 Å². The van der Waals surface area contributed by atoms with Gasteiger partial charge in [0.25, 0.3) is 0 Å². The van der Waals surface area contributed by atoms with E-state index in [4.69, 9.17) is 13.9 Å². The van der Waals surface area contributed by atoms with E-state index in [2.05, 4.69) is 0 Å². The number of carboxylic acid groups (broad SMARTS) is 1. The fraction of sp³-hybridized carbons (Fsp3) is 0.231. The number of hydrogen-bond donors (Lipinski definition) is 1. The van der Waals surface area contributed by atoms with Crippen LogP contribution in [0, 0.1) is 0 Å². The van der Waals surface area contributed by atoms with Crippen molar-refractivity contribution in [2.45, 2.75) is 13.0 Å². The van der Waals surface area contributed by atoms with Crippen molar-refractivity contribution < 1.29 is 23.5 Å². The molecule has 6 heteroatoms. The summed E-state index contributed by atoms with van der Waals surface area (Å²) in [6, 6.07) is 3.10. The van der Waals surface area contributed by atoms with Gasteiger partial charge in [0.1, 0.15) is 11.3 Å². The van der Waals surface area contributed by atoms with Crippen LogP contribution in [-0.4, -0.2) is 28.9 Å². The summed E-state index contributed by atoms with van der Waals surface area (Å²) in [5, 5.41) is 8.92. The standard InChI is InChI=1S/C13H13NO5/c1-14(7-9-2-4-18-8-9)12(15)6-11-10(13(16)17)3-5-19-11/h2-5,8H,6-7H2,1H3,(H,16,17). The van der Waals surface area contributed by atoms with Crippen LogP contribution in [0.1, 0.15) is 21.7 Å². The second kappa shape index (κ2) is 5.43. The summed E-state index contributed by atoms with van der Waals surface area (Å²) in [7, 11) is 1.64. The van der Waals surface area contributed by atoms with Crippen LogP contribution in [0.5, 0.6) is 0 Å². The van der Waals surface area contributed by atoms with Crippen LogP contribution < -0.4 is 0 Å². The topological polar surface area (TPSA) is 83.9 Å². The van der Waals surface area contributed by atoms with E-state index in [1.165, 1.54) is 23.5 Å². The van der Waals surface area contributed by atoms with Gasteiger partial charge in [-0.3, -0.25) is 4.79 Å². The van der Waals surface area contributed by atoms with E-state index in [0.717, 1.165) is 5.56 Å². The predicted molar refractivity (Wildman–Crippen MR) is 64.6 cm³/mol. The zero-order valence-electron chi connectivity index (χ0n) is 10.3. The Bertz CT molecular complexity index is 570. The lowest BCUT2D eigenvalue weighted by atomic mass is 10.2.